The van der Waals surface area contributed by atoms with Crippen molar-refractivity contribution in [1.29, 1.82) is 0 Å². The van der Waals surface area contributed by atoms with Crippen molar-refractivity contribution >= 4 is 0 Å². The van der Waals surface area contributed by atoms with Crippen LogP contribution >= 0.6 is 0 Å². The molecule has 1 aliphatic carbocycles. The van der Waals surface area contributed by atoms with Crippen LogP contribution in [0, 0.1) is 17.8 Å². The highest BCUT2D eigenvalue weighted by Crippen LogP contribution is 2.35. The third-order valence-electron chi connectivity index (χ3n) is 3.65. The highest BCUT2D eigenvalue weighted by molar-refractivity contribution is 5.40. The van der Waals surface area contributed by atoms with E-state index in [9.17, 15) is 0 Å². The fourth-order valence-electron chi connectivity index (χ4n) is 2.79. The van der Waals surface area contributed by atoms with Crippen molar-refractivity contribution in [2.24, 2.45) is 17.8 Å². The van der Waals surface area contributed by atoms with Gasteiger partial charge in [0.15, 0.2) is 0 Å². The van der Waals surface area contributed by atoms with Crippen molar-refractivity contribution in [3.63, 3.8) is 0 Å². The van der Waals surface area contributed by atoms with E-state index in [0.29, 0.717) is 17.9 Å². The molecular formula is C14H23N. The summed E-state index contributed by atoms with van der Waals surface area (Å²) in [5.41, 5.74) is 3.16. The van der Waals surface area contributed by atoms with E-state index in [4.69, 9.17) is 0 Å². The Kier molecular flexibility index (Phi) is 3.01. The average molecular weight is 205 g/mol. The third kappa shape index (κ3) is 2.03. The molecule has 2 unspecified atom stereocenters. The lowest BCUT2D eigenvalue weighted by Gasteiger charge is -2.28. The van der Waals surface area contributed by atoms with E-state index >= 15 is 0 Å². The van der Waals surface area contributed by atoms with Gasteiger partial charge in [-0.15, -0.1) is 0 Å². The van der Waals surface area contributed by atoms with Crippen molar-refractivity contribution in [2.75, 3.05) is 6.54 Å². The predicted octanol–water partition coefficient (Wildman–Crippen LogP) is 3.14. The van der Waals surface area contributed by atoms with Crippen LogP contribution in [0.3, 0.4) is 0 Å². The Labute approximate surface area is 93.6 Å². The Morgan fingerprint density at radius 2 is 1.67 bits per heavy atom. The summed E-state index contributed by atoms with van der Waals surface area (Å²) in [7, 11) is 0. The summed E-state index contributed by atoms with van der Waals surface area (Å²) in [5, 5.41) is 3.58. The minimum atomic E-state index is 0.616. The number of nitrogens with one attached hydrogen (secondary N) is 1. The summed E-state index contributed by atoms with van der Waals surface area (Å²) in [6.45, 7) is 10.4. The minimum absolute atomic E-state index is 0.616. The second-order valence-corrected chi connectivity index (χ2v) is 5.49. The molecule has 1 N–H and O–H groups in total. The highest BCUT2D eigenvalue weighted by atomic mass is 14.9. The van der Waals surface area contributed by atoms with Crippen LogP contribution in [0.4, 0.5) is 0 Å². The van der Waals surface area contributed by atoms with Crippen molar-refractivity contribution in [2.45, 2.75) is 40.2 Å². The van der Waals surface area contributed by atoms with Gasteiger partial charge < -0.3 is 5.32 Å². The largest absolute Gasteiger partial charge is 0.310 e. The van der Waals surface area contributed by atoms with Gasteiger partial charge in [-0.2, -0.15) is 0 Å². The zero-order chi connectivity index (χ0) is 11.0. The molecule has 1 heterocycles. The summed E-state index contributed by atoms with van der Waals surface area (Å²) in [5.74, 6) is 2.08. The molecule has 1 saturated heterocycles. The summed E-state index contributed by atoms with van der Waals surface area (Å²) < 4.78 is 0. The molecule has 1 aliphatic heterocycles. The maximum atomic E-state index is 3.58. The molecule has 1 heteroatoms. The molecule has 0 spiro atoms. The van der Waals surface area contributed by atoms with Crippen LogP contribution in [0.15, 0.2) is 23.3 Å². The Balaban J connectivity index is 2.30. The first-order chi connectivity index (χ1) is 7.09. The second-order valence-electron chi connectivity index (χ2n) is 5.49. The van der Waals surface area contributed by atoms with Gasteiger partial charge in [-0.3, -0.25) is 0 Å². The Morgan fingerprint density at radius 3 is 2.27 bits per heavy atom. The molecule has 0 amide bonds. The van der Waals surface area contributed by atoms with Crippen molar-refractivity contribution < 1.29 is 0 Å². The zero-order valence-electron chi connectivity index (χ0n) is 10.4. The minimum Gasteiger partial charge on any atom is -0.310 e. The highest BCUT2D eigenvalue weighted by Gasteiger charge is 2.29. The van der Waals surface area contributed by atoms with Crippen molar-refractivity contribution in [3.8, 4) is 0 Å². The number of fused-ring (bicyclic) bond motifs is 1. The van der Waals surface area contributed by atoms with Crippen LogP contribution in [-0.4, -0.2) is 12.6 Å². The first kappa shape index (κ1) is 10.9. The molecule has 1 fully saturated rings. The summed E-state index contributed by atoms with van der Waals surface area (Å²) >= 11 is 0. The van der Waals surface area contributed by atoms with Crippen LogP contribution in [-0.2, 0) is 0 Å². The molecule has 0 radical (unpaired) electrons. The first-order valence-electron chi connectivity index (χ1n) is 6.26. The molecule has 2 atom stereocenters. The van der Waals surface area contributed by atoms with Gasteiger partial charge in [-0.05, 0) is 41.9 Å². The van der Waals surface area contributed by atoms with Gasteiger partial charge in [-0.25, -0.2) is 0 Å². The maximum absolute atomic E-state index is 3.58. The van der Waals surface area contributed by atoms with Gasteiger partial charge in [0.25, 0.3) is 0 Å². The van der Waals surface area contributed by atoms with E-state index in [-0.39, 0.29) is 0 Å². The van der Waals surface area contributed by atoms with Crippen LogP contribution in [0.2, 0.25) is 0 Å². The standard InChI is InChI=1S/C14H23N/c1-9(2)12-7-11-5-6-15-14(11)8-13(12)10(3)4/h7-11,14-15H,5-6H2,1-4H3. The van der Waals surface area contributed by atoms with Gasteiger partial charge in [0, 0.05) is 6.04 Å². The van der Waals surface area contributed by atoms with Crippen LogP contribution in [0.25, 0.3) is 0 Å². The van der Waals surface area contributed by atoms with E-state index < -0.39 is 0 Å². The summed E-state index contributed by atoms with van der Waals surface area (Å²) in [4.78, 5) is 0. The third-order valence-corrected chi connectivity index (χ3v) is 3.65. The van der Waals surface area contributed by atoms with Crippen molar-refractivity contribution in [3.05, 3.63) is 23.3 Å². The second kappa shape index (κ2) is 4.13. The van der Waals surface area contributed by atoms with E-state index in [1.165, 1.54) is 13.0 Å². The molecule has 0 bridgehead atoms. The SMILES string of the molecule is CC(C)C1=CC2CCNC2C=C1C(C)C. The molecule has 0 aromatic heterocycles. The summed E-state index contributed by atoms with van der Waals surface area (Å²) in [6.07, 6.45) is 6.32. The normalized spacial score (nSPS) is 30.5. The van der Waals surface area contributed by atoms with Gasteiger partial charge in [0.2, 0.25) is 0 Å². The lowest BCUT2D eigenvalue weighted by Crippen LogP contribution is -2.28. The van der Waals surface area contributed by atoms with Crippen LogP contribution < -0.4 is 5.32 Å². The van der Waals surface area contributed by atoms with E-state index in [1.807, 2.05) is 0 Å². The Bertz CT molecular complexity index is 266. The predicted molar refractivity (Wildman–Crippen MR) is 65.7 cm³/mol. The van der Waals surface area contributed by atoms with E-state index in [0.717, 1.165) is 5.92 Å². The van der Waals surface area contributed by atoms with Crippen LogP contribution in [0.5, 0.6) is 0 Å². The van der Waals surface area contributed by atoms with Gasteiger partial charge in [0.1, 0.15) is 0 Å². The van der Waals surface area contributed by atoms with E-state index in [2.05, 4.69) is 45.2 Å². The van der Waals surface area contributed by atoms with Gasteiger partial charge in [0.05, 0.1) is 0 Å². The molecule has 15 heavy (non-hydrogen) atoms. The molecule has 0 saturated carbocycles. The molecule has 0 aromatic rings. The quantitative estimate of drug-likeness (QED) is 0.730. The van der Waals surface area contributed by atoms with E-state index in [1.54, 1.807) is 11.1 Å². The monoisotopic (exact) mass is 205 g/mol. The first-order valence-corrected chi connectivity index (χ1v) is 6.26. The number of allylic oxidation sites excluding steroid dienone is 2. The molecule has 2 rings (SSSR count). The maximum Gasteiger partial charge on any atom is 0.0319 e. The lowest BCUT2D eigenvalue weighted by molar-refractivity contribution is 0.568. The Morgan fingerprint density at radius 1 is 1.07 bits per heavy atom. The van der Waals surface area contributed by atoms with Crippen LogP contribution in [0.1, 0.15) is 34.1 Å². The molecular weight excluding hydrogens is 182 g/mol. The Hall–Kier alpha value is -0.560. The average Bonchev–Trinajstić information content (AvgIpc) is 2.61. The number of rotatable bonds is 2. The fraction of sp³-hybridized carbons (Fsp3) is 0.714. The number of hydrogen-bond donors (Lipinski definition) is 1. The topological polar surface area (TPSA) is 12.0 Å². The zero-order valence-corrected chi connectivity index (χ0v) is 10.4. The van der Waals surface area contributed by atoms with Gasteiger partial charge >= 0.3 is 0 Å². The lowest BCUT2D eigenvalue weighted by atomic mass is 9.79. The number of hydrogen-bond acceptors (Lipinski definition) is 1. The smallest absolute Gasteiger partial charge is 0.0319 e. The molecule has 84 valence electrons. The molecule has 2 aliphatic rings. The summed E-state index contributed by atoms with van der Waals surface area (Å²) in [6, 6.07) is 0.616. The molecule has 0 aromatic carbocycles. The fourth-order valence-corrected chi connectivity index (χ4v) is 2.79. The van der Waals surface area contributed by atoms with Crippen molar-refractivity contribution in [1.82, 2.24) is 5.32 Å². The van der Waals surface area contributed by atoms with Gasteiger partial charge in [-0.1, -0.05) is 39.8 Å². The molecule has 1 nitrogen and oxygen atoms in total.